The Bertz CT molecular complexity index is 997. The van der Waals surface area contributed by atoms with Crippen LogP contribution in [0.1, 0.15) is 51.7 Å². The van der Waals surface area contributed by atoms with Crippen molar-refractivity contribution in [3.8, 4) is 0 Å². The molecule has 1 aromatic carbocycles. The third-order valence-electron chi connectivity index (χ3n) is 4.91. The highest BCUT2D eigenvalue weighted by molar-refractivity contribution is 5.89. The quantitative estimate of drug-likeness (QED) is 0.586. The fourth-order valence-electron chi connectivity index (χ4n) is 3.58. The summed E-state index contributed by atoms with van der Waals surface area (Å²) < 4.78 is 10.2. The molecule has 0 unspecified atom stereocenters. The maximum absolute atomic E-state index is 13.0. The van der Waals surface area contributed by atoms with Gasteiger partial charge in [-0.2, -0.15) is 4.98 Å². The number of carbonyl (C=O) groups excluding carboxylic acids is 2. The molecule has 8 heteroatoms. The second-order valence-corrected chi connectivity index (χ2v) is 8.82. The fourth-order valence-corrected chi connectivity index (χ4v) is 3.58. The number of hydrogen-bond donors (Lipinski definition) is 2. The number of hydrogen-bond acceptors (Lipinski definition) is 7. The van der Waals surface area contributed by atoms with E-state index in [1.54, 1.807) is 6.07 Å². The molecule has 0 saturated carbocycles. The first-order chi connectivity index (χ1) is 14.5. The molecule has 0 aliphatic carbocycles. The van der Waals surface area contributed by atoms with Crippen LogP contribution in [-0.4, -0.2) is 36.1 Å². The number of carbonyl (C=O) groups is 2. The minimum atomic E-state index is -0.754. The van der Waals surface area contributed by atoms with E-state index in [1.807, 2.05) is 47.6 Å². The fraction of sp³-hybridized carbons (Fsp3) is 0.565. The predicted molar refractivity (Wildman–Crippen MR) is 120 cm³/mol. The molecule has 8 nitrogen and oxygen atoms in total. The number of amides is 1. The van der Waals surface area contributed by atoms with Crippen molar-refractivity contribution < 1.29 is 18.7 Å². The highest BCUT2D eigenvalue weighted by atomic mass is 16.5. The SMILES string of the molecule is COC(=O)[C@H](CC(C)C)NC(=O)[C@H](CC(C)C)Nc1nc2cc(C)cc(C)c2c(=O)o1. The van der Waals surface area contributed by atoms with Crippen LogP contribution in [0.15, 0.2) is 21.3 Å². The van der Waals surface area contributed by atoms with E-state index >= 15 is 0 Å². The van der Waals surface area contributed by atoms with Crippen molar-refractivity contribution in [1.29, 1.82) is 0 Å². The van der Waals surface area contributed by atoms with Crippen LogP contribution in [0.3, 0.4) is 0 Å². The Kier molecular flexibility index (Phi) is 8.19. The Morgan fingerprint density at radius 3 is 2.26 bits per heavy atom. The molecule has 170 valence electrons. The van der Waals surface area contributed by atoms with Gasteiger partial charge in [-0.1, -0.05) is 33.8 Å². The molecular weight excluding hydrogens is 398 g/mol. The lowest BCUT2D eigenvalue weighted by Gasteiger charge is -2.24. The van der Waals surface area contributed by atoms with E-state index in [1.165, 1.54) is 7.11 Å². The van der Waals surface area contributed by atoms with Crippen molar-refractivity contribution in [3.63, 3.8) is 0 Å². The van der Waals surface area contributed by atoms with E-state index < -0.39 is 23.7 Å². The normalized spacial score (nSPS) is 13.3. The maximum Gasteiger partial charge on any atom is 0.348 e. The van der Waals surface area contributed by atoms with Crippen molar-refractivity contribution in [2.75, 3.05) is 12.4 Å². The molecule has 0 saturated heterocycles. The van der Waals surface area contributed by atoms with Gasteiger partial charge in [0.15, 0.2) is 0 Å². The van der Waals surface area contributed by atoms with E-state index in [4.69, 9.17) is 9.15 Å². The van der Waals surface area contributed by atoms with Gasteiger partial charge in [0.2, 0.25) is 5.91 Å². The van der Waals surface area contributed by atoms with Gasteiger partial charge in [-0.3, -0.25) is 4.79 Å². The van der Waals surface area contributed by atoms with Gasteiger partial charge in [0, 0.05) is 0 Å². The van der Waals surface area contributed by atoms with Crippen LogP contribution in [0.25, 0.3) is 10.9 Å². The third kappa shape index (κ3) is 6.54. The summed E-state index contributed by atoms with van der Waals surface area (Å²) in [6.07, 6.45) is 0.909. The van der Waals surface area contributed by atoms with Gasteiger partial charge in [0.1, 0.15) is 12.1 Å². The first-order valence-electron chi connectivity index (χ1n) is 10.6. The zero-order valence-electron chi connectivity index (χ0n) is 19.4. The standard InChI is InChI=1S/C23H33N3O5/c1-12(2)8-17(20(27)24-18(9-13(3)4)21(28)30-7)26-23-25-16-11-14(5)10-15(6)19(16)22(29)31-23/h10-13,17-18H,8-9H2,1-7H3,(H,24,27)(H,25,26)/t17-,18-/m0/s1. The predicted octanol–water partition coefficient (Wildman–Crippen LogP) is 3.34. The number of anilines is 1. The number of fused-ring (bicyclic) bond motifs is 1. The zero-order chi connectivity index (χ0) is 23.3. The number of aromatic nitrogens is 1. The molecule has 0 spiro atoms. The Morgan fingerprint density at radius 1 is 1.06 bits per heavy atom. The number of nitrogens with one attached hydrogen (secondary N) is 2. The van der Waals surface area contributed by atoms with E-state index in [9.17, 15) is 14.4 Å². The number of ether oxygens (including phenoxy) is 1. The van der Waals surface area contributed by atoms with Crippen LogP contribution in [0, 0.1) is 25.7 Å². The van der Waals surface area contributed by atoms with Gasteiger partial charge < -0.3 is 19.8 Å². The molecular formula is C23H33N3O5. The van der Waals surface area contributed by atoms with Crippen molar-refractivity contribution in [2.45, 2.75) is 66.5 Å². The van der Waals surface area contributed by atoms with Crippen LogP contribution in [0.5, 0.6) is 0 Å². The minimum Gasteiger partial charge on any atom is -0.467 e. The molecule has 2 atom stereocenters. The topological polar surface area (TPSA) is 111 Å². The molecule has 31 heavy (non-hydrogen) atoms. The number of esters is 1. The van der Waals surface area contributed by atoms with Crippen LogP contribution < -0.4 is 16.3 Å². The summed E-state index contributed by atoms with van der Waals surface area (Å²) in [5.41, 5.74) is 1.75. The van der Waals surface area contributed by atoms with Crippen molar-refractivity contribution in [3.05, 3.63) is 33.7 Å². The van der Waals surface area contributed by atoms with Crippen LogP contribution in [0.2, 0.25) is 0 Å². The molecule has 0 radical (unpaired) electrons. The average Bonchev–Trinajstić information content (AvgIpc) is 2.64. The molecule has 2 rings (SSSR count). The average molecular weight is 432 g/mol. The minimum absolute atomic E-state index is 0.0261. The van der Waals surface area contributed by atoms with Gasteiger partial charge in [0.05, 0.1) is 18.0 Å². The van der Waals surface area contributed by atoms with Crippen LogP contribution in [-0.2, 0) is 14.3 Å². The monoisotopic (exact) mass is 431 g/mol. The van der Waals surface area contributed by atoms with E-state index in [0.29, 0.717) is 23.7 Å². The summed E-state index contributed by atoms with van der Waals surface area (Å²) >= 11 is 0. The maximum atomic E-state index is 13.0. The molecule has 1 heterocycles. The number of aryl methyl sites for hydroxylation is 2. The largest absolute Gasteiger partial charge is 0.467 e. The Morgan fingerprint density at radius 2 is 1.68 bits per heavy atom. The summed E-state index contributed by atoms with van der Waals surface area (Å²) in [4.78, 5) is 42.1. The van der Waals surface area contributed by atoms with Crippen molar-refractivity contribution >= 4 is 28.8 Å². The summed E-state index contributed by atoms with van der Waals surface area (Å²) in [5.74, 6) is -0.518. The van der Waals surface area contributed by atoms with Crippen molar-refractivity contribution in [2.24, 2.45) is 11.8 Å². The van der Waals surface area contributed by atoms with Gasteiger partial charge in [-0.25, -0.2) is 9.59 Å². The van der Waals surface area contributed by atoms with Crippen LogP contribution in [0.4, 0.5) is 6.01 Å². The van der Waals surface area contributed by atoms with Gasteiger partial charge in [-0.05, 0) is 55.7 Å². The molecule has 1 aromatic heterocycles. The second kappa shape index (κ2) is 10.4. The lowest BCUT2D eigenvalue weighted by atomic mass is 10.0. The number of benzene rings is 1. The molecule has 0 bridgehead atoms. The van der Waals surface area contributed by atoms with Gasteiger partial charge in [0.25, 0.3) is 6.01 Å². The molecule has 1 amide bonds. The van der Waals surface area contributed by atoms with E-state index in [0.717, 1.165) is 11.1 Å². The number of methoxy groups -OCH3 is 1. The number of nitrogens with zero attached hydrogens (tertiary/aromatic N) is 1. The first-order valence-corrected chi connectivity index (χ1v) is 10.6. The number of rotatable bonds is 9. The molecule has 0 aliphatic heterocycles. The second-order valence-electron chi connectivity index (χ2n) is 8.82. The van der Waals surface area contributed by atoms with Crippen LogP contribution >= 0.6 is 0 Å². The lowest BCUT2D eigenvalue weighted by Crippen LogP contribution is -2.49. The highest BCUT2D eigenvalue weighted by Gasteiger charge is 2.28. The summed E-state index contributed by atoms with van der Waals surface area (Å²) in [7, 11) is 1.29. The molecule has 2 N–H and O–H groups in total. The summed E-state index contributed by atoms with van der Waals surface area (Å²) in [6.45, 7) is 11.6. The highest BCUT2D eigenvalue weighted by Crippen LogP contribution is 2.19. The summed E-state index contributed by atoms with van der Waals surface area (Å²) in [6, 6.07) is 2.18. The third-order valence-corrected chi connectivity index (χ3v) is 4.91. The van der Waals surface area contributed by atoms with Gasteiger partial charge >= 0.3 is 11.6 Å². The van der Waals surface area contributed by atoms with Crippen molar-refractivity contribution in [1.82, 2.24) is 10.3 Å². The Labute approximate surface area is 182 Å². The van der Waals surface area contributed by atoms with E-state index in [2.05, 4.69) is 15.6 Å². The Hall–Kier alpha value is -2.90. The molecule has 0 fully saturated rings. The summed E-state index contributed by atoms with van der Waals surface area (Å²) in [5, 5.41) is 6.15. The molecule has 2 aromatic rings. The van der Waals surface area contributed by atoms with E-state index in [-0.39, 0.29) is 23.8 Å². The smallest absolute Gasteiger partial charge is 0.348 e. The molecule has 0 aliphatic rings. The lowest BCUT2D eigenvalue weighted by molar-refractivity contribution is -0.145. The zero-order valence-corrected chi connectivity index (χ0v) is 19.4. The Balaban J connectivity index is 2.33. The van der Waals surface area contributed by atoms with Gasteiger partial charge in [-0.15, -0.1) is 0 Å². The first kappa shape index (κ1) is 24.4.